The van der Waals surface area contributed by atoms with E-state index in [0.717, 1.165) is 16.9 Å². The molecule has 0 spiro atoms. The number of hydrogen-bond donors (Lipinski definition) is 2. The lowest BCUT2D eigenvalue weighted by Gasteiger charge is -2.12. The zero-order valence-corrected chi connectivity index (χ0v) is 18.3. The molecule has 0 aliphatic carbocycles. The SMILES string of the molecule is O=C(O)CC=C(NOCc1ccc(OCc2coc(Cc3ccco3)n2)cc1)c1ccccc1. The van der Waals surface area contributed by atoms with Crippen LogP contribution in [0.3, 0.4) is 0 Å². The van der Waals surface area contributed by atoms with Crippen molar-refractivity contribution in [2.45, 2.75) is 26.1 Å². The summed E-state index contributed by atoms with van der Waals surface area (Å²) in [6.45, 7) is 0.574. The third-order valence-corrected chi connectivity index (χ3v) is 4.80. The maximum Gasteiger partial charge on any atom is 0.307 e. The summed E-state index contributed by atoms with van der Waals surface area (Å²) in [5.41, 5.74) is 5.92. The summed E-state index contributed by atoms with van der Waals surface area (Å²) < 4.78 is 16.5. The van der Waals surface area contributed by atoms with E-state index in [9.17, 15) is 4.79 Å². The Balaban J connectivity index is 1.25. The first-order valence-electron chi connectivity index (χ1n) is 10.7. The Labute approximate surface area is 196 Å². The van der Waals surface area contributed by atoms with E-state index in [1.165, 1.54) is 0 Å². The quantitative estimate of drug-likeness (QED) is 0.285. The zero-order valence-electron chi connectivity index (χ0n) is 18.3. The summed E-state index contributed by atoms with van der Waals surface area (Å²) >= 11 is 0. The molecule has 0 aliphatic heterocycles. The predicted octanol–water partition coefficient (Wildman–Crippen LogP) is 4.97. The third-order valence-electron chi connectivity index (χ3n) is 4.80. The standard InChI is InChI=1S/C26H24N2O6/c29-26(30)13-12-24(20-5-2-1-3-6-20)28-34-16-19-8-10-22(11-9-19)32-17-21-18-33-25(27-21)15-23-7-4-14-31-23/h1-12,14,18,28H,13,15-17H2,(H,29,30). The van der Waals surface area contributed by atoms with Gasteiger partial charge in [-0.15, -0.1) is 0 Å². The molecule has 4 aromatic rings. The van der Waals surface area contributed by atoms with Crippen LogP contribution in [0.2, 0.25) is 0 Å². The van der Waals surface area contributed by atoms with Crippen LogP contribution in [0.25, 0.3) is 5.70 Å². The van der Waals surface area contributed by atoms with Gasteiger partial charge in [0.1, 0.15) is 30.1 Å². The molecule has 0 fully saturated rings. The molecule has 2 aromatic carbocycles. The molecular formula is C26H24N2O6. The molecule has 8 heteroatoms. The first kappa shape index (κ1) is 22.9. The Morgan fingerprint density at radius 3 is 2.56 bits per heavy atom. The van der Waals surface area contributed by atoms with Crippen molar-refractivity contribution in [2.75, 3.05) is 0 Å². The van der Waals surface area contributed by atoms with Crippen molar-refractivity contribution in [3.05, 3.63) is 114 Å². The van der Waals surface area contributed by atoms with Crippen molar-refractivity contribution in [1.82, 2.24) is 10.5 Å². The highest BCUT2D eigenvalue weighted by Gasteiger charge is 2.08. The van der Waals surface area contributed by atoms with Crippen LogP contribution in [0.15, 0.2) is 94.2 Å². The fraction of sp³-hybridized carbons (Fsp3) is 0.154. The molecular weight excluding hydrogens is 436 g/mol. The van der Waals surface area contributed by atoms with Crippen LogP contribution >= 0.6 is 0 Å². The number of oxazole rings is 1. The minimum absolute atomic E-state index is 0.109. The molecule has 0 aliphatic rings. The van der Waals surface area contributed by atoms with Crippen LogP contribution in [0.4, 0.5) is 0 Å². The smallest absolute Gasteiger partial charge is 0.307 e. The molecule has 0 saturated carbocycles. The summed E-state index contributed by atoms with van der Waals surface area (Å²) in [6, 6.07) is 20.6. The third kappa shape index (κ3) is 6.85. The number of carbonyl (C=O) groups is 1. The van der Waals surface area contributed by atoms with Crippen LogP contribution in [-0.4, -0.2) is 16.1 Å². The van der Waals surface area contributed by atoms with Gasteiger partial charge in [-0.3, -0.25) is 15.1 Å². The summed E-state index contributed by atoms with van der Waals surface area (Å²) in [7, 11) is 0. The second-order valence-electron chi connectivity index (χ2n) is 7.39. The Morgan fingerprint density at radius 2 is 1.82 bits per heavy atom. The normalized spacial score (nSPS) is 11.4. The first-order chi connectivity index (χ1) is 16.7. The molecule has 0 unspecified atom stereocenters. The number of benzene rings is 2. The van der Waals surface area contributed by atoms with E-state index in [1.54, 1.807) is 18.6 Å². The number of nitrogens with zero attached hydrogens (tertiary/aromatic N) is 1. The summed E-state index contributed by atoms with van der Waals surface area (Å²) in [6.07, 6.45) is 5.16. The van der Waals surface area contributed by atoms with Gasteiger partial charge in [-0.25, -0.2) is 4.98 Å². The van der Waals surface area contributed by atoms with Crippen LogP contribution in [-0.2, 0) is 29.3 Å². The fourth-order valence-corrected chi connectivity index (χ4v) is 3.12. The molecule has 0 radical (unpaired) electrons. The Bertz CT molecular complexity index is 1200. The molecule has 2 heterocycles. The predicted molar refractivity (Wildman–Crippen MR) is 123 cm³/mol. The molecule has 174 valence electrons. The highest BCUT2D eigenvalue weighted by atomic mass is 16.6. The van der Waals surface area contributed by atoms with Gasteiger partial charge in [0, 0.05) is 0 Å². The van der Waals surface area contributed by atoms with Gasteiger partial charge in [-0.1, -0.05) is 42.5 Å². The minimum Gasteiger partial charge on any atom is -0.487 e. The summed E-state index contributed by atoms with van der Waals surface area (Å²) in [5.74, 6) is 1.14. The van der Waals surface area contributed by atoms with E-state index < -0.39 is 5.97 Å². The number of ether oxygens (including phenoxy) is 1. The number of rotatable bonds is 12. The first-order valence-corrected chi connectivity index (χ1v) is 10.7. The number of aromatic nitrogens is 1. The molecule has 4 rings (SSSR count). The lowest BCUT2D eigenvalue weighted by atomic mass is 10.1. The Hall–Kier alpha value is -4.30. The van der Waals surface area contributed by atoms with Gasteiger partial charge in [-0.2, -0.15) is 0 Å². The van der Waals surface area contributed by atoms with Gasteiger partial charge in [0.15, 0.2) is 0 Å². The van der Waals surface area contributed by atoms with E-state index >= 15 is 0 Å². The Morgan fingerprint density at radius 1 is 1.00 bits per heavy atom. The number of aliphatic carboxylic acids is 1. The molecule has 0 amide bonds. The van der Waals surface area contributed by atoms with E-state index in [1.807, 2.05) is 66.7 Å². The highest BCUT2D eigenvalue weighted by Crippen LogP contribution is 2.17. The topological polar surface area (TPSA) is 107 Å². The average Bonchev–Trinajstić information content (AvgIpc) is 3.53. The van der Waals surface area contributed by atoms with Gasteiger partial charge in [-0.05, 0) is 41.5 Å². The van der Waals surface area contributed by atoms with Crippen LogP contribution in [0.5, 0.6) is 5.75 Å². The maximum atomic E-state index is 10.9. The lowest BCUT2D eigenvalue weighted by Crippen LogP contribution is -2.13. The molecule has 8 nitrogen and oxygen atoms in total. The maximum absolute atomic E-state index is 10.9. The second kappa shape index (κ2) is 11.5. The van der Waals surface area contributed by atoms with Gasteiger partial charge in [0.05, 0.1) is 31.4 Å². The van der Waals surface area contributed by atoms with E-state index in [-0.39, 0.29) is 19.6 Å². The largest absolute Gasteiger partial charge is 0.487 e. The molecule has 0 bridgehead atoms. The molecule has 0 saturated heterocycles. The fourth-order valence-electron chi connectivity index (χ4n) is 3.12. The van der Waals surface area contributed by atoms with Crippen LogP contribution in [0, 0.1) is 0 Å². The number of hydroxylamine groups is 1. The second-order valence-corrected chi connectivity index (χ2v) is 7.39. The van der Waals surface area contributed by atoms with Crippen LogP contribution in [0.1, 0.15) is 34.9 Å². The average molecular weight is 460 g/mol. The Kier molecular flexibility index (Phi) is 7.76. The van der Waals surface area contributed by atoms with E-state index in [4.69, 9.17) is 23.5 Å². The van der Waals surface area contributed by atoms with Gasteiger partial charge < -0.3 is 18.7 Å². The number of carboxylic acids is 1. The van der Waals surface area contributed by atoms with Crippen molar-refractivity contribution in [2.24, 2.45) is 0 Å². The molecule has 34 heavy (non-hydrogen) atoms. The van der Waals surface area contributed by atoms with Crippen molar-refractivity contribution < 1.29 is 28.3 Å². The molecule has 0 atom stereocenters. The number of furan rings is 1. The summed E-state index contributed by atoms with van der Waals surface area (Å²) in [5, 5.41) is 8.97. The van der Waals surface area contributed by atoms with E-state index in [0.29, 0.717) is 29.5 Å². The van der Waals surface area contributed by atoms with Gasteiger partial charge >= 0.3 is 5.97 Å². The number of hydrogen-bond acceptors (Lipinski definition) is 7. The van der Waals surface area contributed by atoms with E-state index in [2.05, 4.69) is 10.5 Å². The highest BCUT2D eigenvalue weighted by molar-refractivity contribution is 5.73. The van der Waals surface area contributed by atoms with Crippen molar-refractivity contribution in [3.8, 4) is 5.75 Å². The number of carboxylic acid groups (broad SMARTS) is 1. The van der Waals surface area contributed by atoms with Crippen molar-refractivity contribution in [1.29, 1.82) is 0 Å². The van der Waals surface area contributed by atoms with Crippen LogP contribution < -0.4 is 10.2 Å². The molecule has 2 N–H and O–H groups in total. The minimum atomic E-state index is -0.912. The summed E-state index contributed by atoms with van der Waals surface area (Å²) in [4.78, 5) is 20.9. The van der Waals surface area contributed by atoms with Gasteiger partial charge in [0.25, 0.3) is 0 Å². The number of nitrogens with one attached hydrogen (secondary N) is 1. The monoisotopic (exact) mass is 460 g/mol. The van der Waals surface area contributed by atoms with Crippen molar-refractivity contribution in [3.63, 3.8) is 0 Å². The van der Waals surface area contributed by atoms with Crippen molar-refractivity contribution >= 4 is 11.7 Å². The zero-order chi connectivity index (χ0) is 23.6. The molecule has 2 aromatic heterocycles. The van der Waals surface area contributed by atoms with Gasteiger partial charge in [0.2, 0.25) is 5.89 Å². The lowest BCUT2D eigenvalue weighted by molar-refractivity contribution is -0.136.